The van der Waals surface area contributed by atoms with E-state index >= 15 is 0 Å². The van der Waals surface area contributed by atoms with Crippen molar-refractivity contribution < 1.29 is 19.4 Å². The molecule has 11 heavy (non-hydrogen) atoms. The van der Waals surface area contributed by atoms with E-state index in [0.29, 0.717) is 0 Å². The Morgan fingerprint density at radius 2 is 1.82 bits per heavy atom. The molecule has 0 bridgehead atoms. The van der Waals surface area contributed by atoms with Crippen LogP contribution < -0.4 is 0 Å². The summed E-state index contributed by atoms with van der Waals surface area (Å²) in [7, 11) is 1.24. The third kappa shape index (κ3) is 3.54. The Labute approximate surface area is 91.0 Å². The molecule has 0 amide bonds. The highest BCUT2D eigenvalue weighted by atomic mass is 127. The van der Waals surface area contributed by atoms with Crippen LogP contribution in [0.1, 0.15) is 0 Å². The second-order valence-electron chi connectivity index (χ2n) is 1.66. The normalized spacial score (nSPS) is 15.2. The van der Waals surface area contributed by atoms with Crippen LogP contribution in [0, 0.1) is 0 Å². The van der Waals surface area contributed by atoms with Gasteiger partial charge in [0, 0.05) is 0 Å². The highest BCUT2D eigenvalue weighted by molar-refractivity contribution is 14.1. The molecule has 0 radical (unpaired) electrons. The molecule has 1 N–H and O–H groups in total. The molecule has 0 aromatic carbocycles. The minimum absolute atomic E-state index is 0.507. The molecule has 2 atom stereocenters. The summed E-state index contributed by atoms with van der Waals surface area (Å²) >= 11 is 3.43. The lowest BCUT2D eigenvalue weighted by Crippen LogP contribution is -2.31. The minimum Gasteiger partial charge on any atom is -0.480 e. The van der Waals surface area contributed by atoms with E-state index in [1.165, 1.54) is 7.11 Å². The summed E-state index contributed by atoms with van der Waals surface area (Å²) in [6.45, 7) is 0. The zero-order valence-corrected chi connectivity index (χ0v) is 9.90. The van der Waals surface area contributed by atoms with Crippen LogP contribution >= 0.6 is 45.2 Å². The molecule has 0 heterocycles. The number of halogens is 2. The predicted octanol–water partition coefficient (Wildman–Crippen LogP) is 0.851. The van der Waals surface area contributed by atoms with Crippen LogP contribution in [0.5, 0.6) is 0 Å². The molecule has 0 aliphatic rings. The topological polar surface area (TPSA) is 63.6 Å². The molecule has 2 unspecified atom stereocenters. The summed E-state index contributed by atoms with van der Waals surface area (Å²) in [5.74, 6) is -1.51. The first kappa shape index (κ1) is 11.4. The van der Waals surface area contributed by atoms with Gasteiger partial charge in [0.25, 0.3) is 0 Å². The second kappa shape index (κ2) is 5.12. The average Bonchev–Trinajstić information content (AvgIpc) is 2.00. The maximum atomic E-state index is 10.8. The van der Waals surface area contributed by atoms with E-state index in [-0.39, 0.29) is 0 Å². The van der Waals surface area contributed by atoms with Gasteiger partial charge in [0.2, 0.25) is 0 Å². The third-order valence-electron chi connectivity index (χ3n) is 0.919. The zero-order chi connectivity index (χ0) is 9.02. The number of carboxylic acid groups (broad SMARTS) is 1. The molecular formula is C5H6I2O4. The van der Waals surface area contributed by atoms with E-state index in [1.807, 2.05) is 0 Å². The monoisotopic (exact) mass is 384 g/mol. The number of aliphatic carboxylic acids is 1. The highest BCUT2D eigenvalue weighted by Crippen LogP contribution is 2.16. The first-order valence-corrected chi connectivity index (χ1v) is 5.08. The van der Waals surface area contributed by atoms with E-state index in [1.54, 1.807) is 45.2 Å². The van der Waals surface area contributed by atoms with Crippen molar-refractivity contribution in [3.05, 3.63) is 0 Å². The molecular weight excluding hydrogens is 378 g/mol. The lowest BCUT2D eigenvalue weighted by atomic mass is 10.3. The number of hydrogen-bond acceptors (Lipinski definition) is 3. The zero-order valence-electron chi connectivity index (χ0n) is 5.58. The third-order valence-corrected chi connectivity index (χ3v) is 4.77. The number of alkyl halides is 2. The van der Waals surface area contributed by atoms with Gasteiger partial charge in [0.1, 0.15) is 7.85 Å². The maximum Gasteiger partial charge on any atom is 0.320 e. The number of ether oxygens (including phenoxy) is 1. The molecule has 0 fully saturated rings. The lowest BCUT2D eigenvalue weighted by molar-refractivity contribution is -0.143. The number of hydrogen-bond donors (Lipinski definition) is 1. The van der Waals surface area contributed by atoms with Crippen molar-refractivity contribution in [3.63, 3.8) is 0 Å². The van der Waals surface area contributed by atoms with Gasteiger partial charge in [0.15, 0.2) is 0 Å². The SMILES string of the molecule is COC(=O)C(I)C(I)C(=O)O. The van der Waals surface area contributed by atoms with Crippen molar-refractivity contribution >= 4 is 57.1 Å². The number of esters is 1. The molecule has 0 aliphatic heterocycles. The molecule has 0 saturated heterocycles. The fourth-order valence-electron chi connectivity index (χ4n) is 0.357. The Morgan fingerprint density at radius 3 is 2.09 bits per heavy atom. The van der Waals surface area contributed by atoms with Gasteiger partial charge in [-0.2, -0.15) is 0 Å². The van der Waals surface area contributed by atoms with Gasteiger partial charge in [-0.1, -0.05) is 45.2 Å². The molecule has 0 rings (SSSR count). The van der Waals surface area contributed by atoms with Crippen LogP contribution in [-0.2, 0) is 14.3 Å². The molecule has 0 spiro atoms. The van der Waals surface area contributed by atoms with Gasteiger partial charge in [-0.3, -0.25) is 9.59 Å². The summed E-state index contributed by atoms with van der Waals surface area (Å²) in [5.41, 5.74) is 0. The summed E-state index contributed by atoms with van der Waals surface area (Å²) in [6.07, 6.45) is 0. The van der Waals surface area contributed by atoms with Crippen molar-refractivity contribution in [2.24, 2.45) is 0 Å². The molecule has 0 aliphatic carbocycles. The smallest absolute Gasteiger partial charge is 0.320 e. The first-order valence-electron chi connectivity index (χ1n) is 2.59. The van der Waals surface area contributed by atoms with E-state index < -0.39 is 19.8 Å². The summed E-state index contributed by atoms with van der Waals surface area (Å²) < 4.78 is 3.00. The van der Waals surface area contributed by atoms with E-state index in [2.05, 4.69) is 4.74 Å². The minimum atomic E-state index is -1.00. The van der Waals surface area contributed by atoms with E-state index in [9.17, 15) is 9.59 Å². The van der Waals surface area contributed by atoms with Crippen LogP contribution in [0.4, 0.5) is 0 Å². The number of carbonyl (C=O) groups excluding carboxylic acids is 1. The summed E-state index contributed by atoms with van der Waals surface area (Å²) in [5, 5.41) is 8.48. The largest absolute Gasteiger partial charge is 0.480 e. The number of rotatable bonds is 3. The van der Waals surface area contributed by atoms with Gasteiger partial charge in [-0.05, 0) is 0 Å². The second-order valence-corrected chi connectivity index (χ2v) is 4.35. The van der Waals surface area contributed by atoms with Crippen LogP contribution in [0.15, 0.2) is 0 Å². The van der Waals surface area contributed by atoms with Gasteiger partial charge in [-0.15, -0.1) is 0 Å². The fraction of sp³-hybridized carbons (Fsp3) is 0.600. The predicted molar refractivity (Wildman–Crippen MR) is 55.3 cm³/mol. The Bertz CT molecular complexity index is 170. The van der Waals surface area contributed by atoms with Crippen LogP contribution in [0.25, 0.3) is 0 Å². The van der Waals surface area contributed by atoms with Crippen LogP contribution in [-0.4, -0.2) is 32.0 Å². The average molecular weight is 384 g/mol. The molecule has 4 nitrogen and oxygen atoms in total. The maximum absolute atomic E-state index is 10.8. The summed E-state index contributed by atoms with van der Waals surface area (Å²) in [4.78, 5) is 21.1. The van der Waals surface area contributed by atoms with E-state index in [0.717, 1.165) is 0 Å². The van der Waals surface area contributed by atoms with Gasteiger partial charge in [-0.25, -0.2) is 0 Å². The molecule has 0 saturated carbocycles. The van der Waals surface area contributed by atoms with Gasteiger partial charge in [0.05, 0.1) is 7.11 Å². The first-order chi connectivity index (χ1) is 5.00. The number of carboxylic acids is 1. The van der Waals surface area contributed by atoms with Crippen LogP contribution in [0.3, 0.4) is 0 Å². The van der Waals surface area contributed by atoms with E-state index in [4.69, 9.17) is 5.11 Å². The van der Waals surface area contributed by atoms with Crippen molar-refractivity contribution in [2.75, 3.05) is 7.11 Å². The fourth-order valence-corrected chi connectivity index (χ4v) is 1.21. The Balaban J connectivity index is 4.12. The Kier molecular flexibility index (Phi) is 5.30. The molecule has 0 aromatic heterocycles. The standard InChI is InChI=1S/C5H6I2O4/c1-11-5(10)3(7)2(6)4(8)9/h2-3H,1H3,(H,8,9). The van der Waals surface area contributed by atoms with Crippen molar-refractivity contribution in [2.45, 2.75) is 7.85 Å². The summed E-state index contributed by atoms with van der Waals surface area (Å²) in [6, 6.07) is 0. The molecule has 6 heteroatoms. The Morgan fingerprint density at radius 1 is 1.36 bits per heavy atom. The quantitative estimate of drug-likeness (QED) is 0.446. The van der Waals surface area contributed by atoms with Gasteiger partial charge < -0.3 is 9.84 Å². The number of methoxy groups -OCH3 is 1. The molecule has 64 valence electrons. The highest BCUT2D eigenvalue weighted by Gasteiger charge is 2.29. The van der Waals surface area contributed by atoms with Crippen molar-refractivity contribution in [3.8, 4) is 0 Å². The van der Waals surface area contributed by atoms with Crippen LogP contribution in [0.2, 0.25) is 0 Å². The number of carbonyl (C=O) groups is 2. The Hall–Kier alpha value is 0.400. The molecule has 0 aromatic rings. The van der Waals surface area contributed by atoms with Gasteiger partial charge >= 0.3 is 11.9 Å². The van der Waals surface area contributed by atoms with Crippen molar-refractivity contribution in [1.82, 2.24) is 0 Å². The lowest BCUT2D eigenvalue weighted by Gasteiger charge is -2.09. The van der Waals surface area contributed by atoms with Crippen molar-refractivity contribution in [1.29, 1.82) is 0 Å².